The van der Waals surface area contributed by atoms with Crippen molar-refractivity contribution in [3.05, 3.63) is 41.5 Å². The van der Waals surface area contributed by atoms with E-state index < -0.39 is 6.36 Å². The highest BCUT2D eigenvalue weighted by atomic mass is 32.2. The fourth-order valence-corrected chi connectivity index (χ4v) is 4.75. The molecule has 2 aliphatic rings. The van der Waals surface area contributed by atoms with Gasteiger partial charge in [0.15, 0.2) is 0 Å². The lowest BCUT2D eigenvalue weighted by Crippen LogP contribution is -2.22. The summed E-state index contributed by atoms with van der Waals surface area (Å²) < 4.78 is 40.7. The zero-order chi connectivity index (χ0) is 14.9. The summed E-state index contributed by atoms with van der Waals surface area (Å²) in [4.78, 5) is 0. The van der Waals surface area contributed by atoms with Crippen LogP contribution in [0.4, 0.5) is 13.2 Å². The molecule has 0 radical (unpaired) electrons. The second-order valence-corrected chi connectivity index (χ2v) is 7.17. The maximum Gasteiger partial charge on any atom is 0.573 e. The number of halogens is 3. The summed E-state index contributed by atoms with van der Waals surface area (Å²) in [5.41, 5.74) is 2.24. The summed E-state index contributed by atoms with van der Waals surface area (Å²) in [6.45, 7) is 0. The summed E-state index contributed by atoms with van der Waals surface area (Å²) in [6.07, 6.45) is 3.25. The number of fused-ring (bicyclic) bond motifs is 2. The van der Waals surface area contributed by atoms with Crippen LogP contribution in [-0.4, -0.2) is 16.9 Å². The standard InChI is InChI=1S/C16H17F3OS/c17-16(18,19)20-13-4-1-3-11(8-13)7-12-9-14-5-2-6-15(10-12)21-14/h1,3-4,8-9,14-15H,2,5-7,10H2. The maximum absolute atomic E-state index is 12.3. The minimum absolute atomic E-state index is 0.133. The van der Waals surface area contributed by atoms with Gasteiger partial charge < -0.3 is 4.74 Å². The summed E-state index contributed by atoms with van der Waals surface area (Å²) >= 11 is 2.05. The molecule has 0 amide bonds. The molecule has 5 heteroatoms. The van der Waals surface area contributed by atoms with Gasteiger partial charge in [-0.25, -0.2) is 0 Å². The monoisotopic (exact) mass is 314 g/mol. The molecule has 2 heterocycles. The normalized spacial score (nSPS) is 25.4. The molecular weight excluding hydrogens is 297 g/mol. The Kier molecular flexibility index (Phi) is 4.20. The van der Waals surface area contributed by atoms with Crippen molar-refractivity contribution in [3.63, 3.8) is 0 Å². The molecular formula is C16H17F3OS. The highest BCUT2D eigenvalue weighted by Gasteiger charge is 2.31. The Labute approximate surface area is 126 Å². The number of alkyl halides is 3. The average Bonchev–Trinajstić information content (AvgIpc) is 2.36. The van der Waals surface area contributed by atoms with Gasteiger partial charge in [-0.2, -0.15) is 11.8 Å². The van der Waals surface area contributed by atoms with E-state index in [4.69, 9.17) is 0 Å². The Morgan fingerprint density at radius 3 is 2.86 bits per heavy atom. The Morgan fingerprint density at radius 2 is 2.10 bits per heavy atom. The Balaban J connectivity index is 1.70. The lowest BCUT2D eigenvalue weighted by molar-refractivity contribution is -0.274. The number of allylic oxidation sites excluding steroid dienone is 1. The third-order valence-corrected chi connectivity index (χ3v) is 5.37. The Hall–Kier alpha value is -1.10. The van der Waals surface area contributed by atoms with Crippen LogP contribution in [0, 0.1) is 0 Å². The smallest absolute Gasteiger partial charge is 0.406 e. The molecule has 0 spiro atoms. The molecule has 0 saturated carbocycles. The third kappa shape index (κ3) is 4.19. The van der Waals surface area contributed by atoms with Crippen LogP contribution in [0.25, 0.3) is 0 Å². The van der Waals surface area contributed by atoms with Crippen molar-refractivity contribution >= 4 is 11.8 Å². The van der Waals surface area contributed by atoms with Gasteiger partial charge in [-0.15, -0.1) is 13.2 Å². The Morgan fingerprint density at radius 1 is 1.24 bits per heavy atom. The van der Waals surface area contributed by atoms with Gasteiger partial charge in [-0.3, -0.25) is 0 Å². The highest BCUT2D eigenvalue weighted by molar-refractivity contribution is 8.00. The quantitative estimate of drug-likeness (QED) is 0.717. The molecule has 0 N–H and O–H groups in total. The fourth-order valence-electron chi connectivity index (χ4n) is 3.07. The van der Waals surface area contributed by atoms with Crippen LogP contribution in [0.2, 0.25) is 0 Å². The van der Waals surface area contributed by atoms with Gasteiger partial charge in [-0.1, -0.05) is 30.2 Å². The van der Waals surface area contributed by atoms with E-state index in [-0.39, 0.29) is 5.75 Å². The lowest BCUT2D eigenvalue weighted by Gasteiger charge is -2.33. The van der Waals surface area contributed by atoms with E-state index in [0.717, 1.165) is 18.4 Å². The van der Waals surface area contributed by atoms with E-state index in [1.54, 1.807) is 6.07 Å². The second kappa shape index (κ2) is 5.95. The van der Waals surface area contributed by atoms with Gasteiger partial charge >= 0.3 is 6.36 Å². The first-order chi connectivity index (χ1) is 9.98. The van der Waals surface area contributed by atoms with Crippen molar-refractivity contribution in [3.8, 4) is 5.75 Å². The first-order valence-electron chi connectivity index (χ1n) is 7.18. The molecule has 21 heavy (non-hydrogen) atoms. The predicted molar refractivity (Wildman–Crippen MR) is 78.5 cm³/mol. The minimum atomic E-state index is -4.63. The van der Waals surface area contributed by atoms with Crippen molar-refractivity contribution < 1.29 is 17.9 Å². The maximum atomic E-state index is 12.3. The van der Waals surface area contributed by atoms with Gasteiger partial charge in [0.2, 0.25) is 0 Å². The van der Waals surface area contributed by atoms with Crippen LogP contribution in [0.5, 0.6) is 5.75 Å². The van der Waals surface area contributed by atoms with Crippen molar-refractivity contribution in [2.24, 2.45) is 0 Å². The number of thioether (sulfide) groups is 1. The first-order valence-corrected chi connectivity index (χ1v) is 8.12. The summed E-state index contributed by atoms with van der Waals surface area (Å²) in [6, 6.07) is 6.32. The fraction of sp³-hybridized carbons (Fsp3) is 0.500. The molecule has 0 aromatic heterocycles. The molecule has 2 aliphatic heterocycles. The number of rotatable bonds is 3. The first kappa shape index (κ1) is 14.8. The van der Waals surface area contributed by atoms with Crippen LogP contribution in [0.15, 0.2) is 35.9 Å². The number of benzene rings is 1. The molecule has 1 aromatic carbocycles. The largest absolute Gasteiger partial charge is 0.573 e. The van der Waals surface area contributed by atoms with E-state index in [2.05, 4.69) is 10.8 Å². The van der Waals surface area contributed by atoms with Gasteiger partial charge in [0.05, 0.1) is 0 Å². The number of ether oxygens (including phenoxy) is 1. The van der Waals surface area contributed by atoms with E-state index >= 15 is 0 Å². The van der Waals surface area contributed by atoms with Crippen molar-refractivity contribution in [1.29, 1.82) is 0 Å². The van der Waals surface area contributed by atoms with E-state index in [9.17, 15) is 13.2 Å². The molecule has 3 rings (SSSR count). The zero-order valence-electron chi connectivity index (χ0n) is 11.5. The summed E-state index contributed by atoms with van der Waals surface area (Å²) in [7, 11) is 0. The van der Waals surface area contributed by atoms with Crippen molar-refractivity contribution in [1.82, 2.24) is 0 Å². The van der Waals surface area contributed by atoms with E-state index in [0.29, 0.717) is 10.5 Å². The van der Waals surface area contributed by atoms with E-state index in [1.165, 1.54) is 37.0 Å². The van der Waals surface area contributed by atoms with Gasteiger partial charge in [0.1, 0.15) is 5.75 Å². The molecule has 1 nitrogen and oxygen atoms in total. The zero-order valence-corrected chi connectivity index (χ0v) is 12.3. The molecule has 2 atom stereocenters. The topological polar surface area (TPSA) is 9.23 Å². The number of hydrogen-bond acceptors (Lipinski definition) is 2. The molecule has 0 aliphatic carbocycles. The summed E-state index contributed by atoms with van der Waals surface area (Å²) in [5, 5.41) is 1.29. The third-order valence-electron chi connectivity index (χ3n) is 3.86. The van der Waals surface area contributed by atoms with Crippen LogP contribution >= 0.6 is 11.8 Å². The van der Waals surface area contributed by atoms with Crippen LogP contribution in [-0.2, 0) is 6.42 Å². The van der Waals surface area contributed by atoms with Gasteiger partial charge in [0.25, 0.3) is 0 Å². The van der Waals surface area contributed by atoms with Crippen molar-refractivity contribution in [2.75, 3.05) is 0 Å². The molecule has 1 aromatic rings. The predicted octanol–water partition coefficient (Wildman–Crippen LogP) is 5.11. The lowest BCUT2D eigenvalue weighted by atomic mass is 9.94. The SMILES string of the molecule is FC(F)(F)Oc1cccc(CC2=CC3CCCC(C2)S3)c1. The van der Waals surface area contributed by atoms with E-state index in [1.807, 2.05) is 17.8 Å². The van der Waals surface area contributed by atoms with Gasteiger partial charge in [-0.05, 0) is 43.4 Å². The van der Waals surface area contributed by atoms with Crippen LogP contribution < -0.4 is 4.74 Å². The second-order valence-electron chi connectivity index (χ2n) is 5.63. The Bertz CT molecular complexity index is 539. The molecule has 2 bridgehead atoms. The molecule has 1 fully saturated rings. The van der Waals surface area contributed by atoms with Gasteiger partial charge in [0, 0.05) is 10.5 Å². The summed E-state index contributed by atoms with van der Waals surface area (Å²) in [5.74, 6) is -0.133. The van der Waals surface area contributed by atoms with Crippen molar-refractivity contribution in [2.45, 2.75) is 49.0 Å². The molecule has 114 valence electrons. The minimum Gasteiger partial charge on any atom is -0.406 e. The molecule has 2 unspecified atom stereocenters. The highest BCUT2D eigenvalue weighted by Crippen LogP contribution is 2.41. The van der Waals surface area contributed by atoms with Crippen LogP contribution in [0.3, 0.4) is 0 Å². The number of hydrogen-bond donors (Lipinski definition) is 0. The molecule has 1 saturated heterocycles. The van der Waals surface area contributed by atoms with Crippen LogP contribution in [0.1, 0.15) is 31.2 Å². The average molecular weight is 314 g/mol.